The monoisotopic (exact) mass is 325 g/mol. The van der Waals surface area contributed by atoms with E-state index in [1.54, 1.807) is 0 Å². The molecule has 2 unspecified atom stereocenters. The number of rotatable bonds is 2. The van der Waals surface area contributed by atoms with Crippen LogP contribution in [0, 0.1) is 5.92 Å². The summed E-state index contributed by atoms with van der Waals surface area (Å²) >= 11 is 0. The lowest BCUT2D eigenvalue weighted by molar-refractivity contribution is -0.192. The highest BCUT2D eigenvalue weighted by Gasteiger charge is 2.38. The normalized spacial score (nSPS) is 24.1. The van der Waals surface area contributed by atoms with E-state index in [4.69, 9.17) is 9.90 Å². The molecule has 22 heavy (non-hydrogen) atoms. The SMILES string of the molecule is CCCNC(=O)N1CC2CCC1CNC2.O=C(O)C(F)(F)F. The number of carboxylic acid groups (broad SMARTS) is 1. The molecule has 3 aliphatic rings. The van der Waals surface area contributed by atoms with Crippen molar-refractivity contribution in [2.45, 2.75) is 38.4 Å². The fourth-order valence-corrected chi connectivity index (χ4v) is 2.52. The Kier molecular flexibility index (Phi) is 6.92. The molecular weight excluding hydrogens is 303 g/mol. The largest absolute Gasteiger partial charge is 0.490 e. The van der Waals surface area contributed by atoms with Crippen molar-refractivity contribution >= 4 is 12.0 Å². The molecule has 0 aromatic heterocycles. The number of alkyl halides is 3. The van der Waals surface area contributed by atoms with Gasteiger partial charge < -0.3 is 20.6 Å². The van der Waals surface area contributed by atoms with Crippen molar-refractivity contribution in [1.82, 2.24) is 15.5 Å². The van der Waals surface area contributed by atoms with Gasteiger partial charge in [-0.05, 0) is 31.7 Å². The number of urea groups is 1. The molecule has 2 amide bonds. The van der Waals surface area contributed by atoms with Gasteiger partial charge in [0.1, 0.15) is 0 Å². The number of carbonyl (C=O) groups is 2. The van der Waals surface area contributed by atoms with Gasteiger partial charge in [0.05, 0.1) is 0 Å². The van der Waals surface area contributed by atoms with Gasteiger partial charge in [-0.2, -0.15) is 13.2 Å². The third-order valence-corrected chi connectivity index (χ3v) is 3.65. The van der Waals surface area contributed by atoms with Crippen LogP contribution in [-0.2, 0) is 4.79 Å². The lowest BCUT2D eigenvalue weighted by Gasteiger charge is -2.36. The maximum absolute atomic E-state index is 11.9. The Balaban J connectivity index is 0.000000295. The molecule has 0 radical (unpaired) electrons. The number of carbonyl (C=O) groups excluding carboxylic acids is 1. The highest BCUT2D eigenvalue weighted by Crippen LogP contribution is 2.24. The summed E-state index contributed by atoms with van der Waals surface area (Å²) in [6.45, 7) is 5.86. The van der Waals surface area contributed by atoms with Crippen LogP contribution in [0.3, 0.4) is 0 Å². The molecule has 0 aromatic rings. The van der Waals surface area contributed by atoms with E-state index in [1.807, 2.05) is 4.90 Å². The van der Waals surface area contributed by atoms with E-state index in [2.05, 4.69) is 17.6 Å². The second kappa shape index (κ2) is 8.21. The quantitative estimate of drug-likeness (QED) is 0.717. The van der Waals surface area contributed by atoms with Crippen LogP contribution in [0.5, 0.6) is 0 Å². The van der Waals surface area contributed by atoms with E-state index >= 15 is 0 Å². The Morgan fingerprint density at radius 3 is 2.50 bits per heavy atom. The van der Waals surface area contributed by atoms with Crippen molar-refractivity contribution < 1.29 is 27.9 Å². The minimum atomic E-state index is -5.08. The van der Waals surface area contributed by atoms with E-state index in [0.29, 0.717) is 12.0 Å². The number of hydrogen-bond donors (Lipinski definition) is 3. The van der Waals surface area contributed by atoms with E-state index < -0.39 is 12.1 Å². The minimum Gasteiger partial charge on any atom is -0.475 e. The summed E-state index contributed by atoms with van der Waals surface area (Å²) in [6, 6.07) is 0.552. The third-order valence-electron chi connectivity index (χ3n) is 3.65. The molecule has 9 heteroatoms. The van der Waals surface area contributed by atoms with E-state index in [0.717, 1.165) is 39.0 Å². The highest BCUT2D eigenvalue weighted by molar-refractivity contribution is 5.74. The first-order valence-corrected chi connectivity index (χ1v) is 7.31. The third kappa shape index (κ3) is 5.70. The van der Waals surface area contributed by atoms with E-state index in [1.165, 1.54) is 6.42 Å². The van der Waals surface area contributed by atoms with Crippen molar-refractivity contribution in [3.8, 4) is 0 Å². The molecule has 6 nitrogen and oxygen atoms in total. The van der Waals surface area contributed by atoms with Gasteiger partial charge >= 0.3 is 18.2 Å². The average molecular weight is 325 g/mol. The Morgan fingerprint density at radius 1 is 1.32 bits per heavy atom. The van der Waals surface area contributed by atoms with Gasteiger partial charge in [-0.1, -0.05) is 6.92 Å². The fraction of sp³-hybridized carbons (Fsp3) is 0.846. The van der Waals surface area contributed by atoms with Crippen LogP contribution in [-0.4, -0.2) is 60.4 Å². The zero-order chi connectivity index (χ0) is 16.8. The van der Waals surface area contributed by atoms with Crippen LogP contribution in [0.4, 0.5) is 18.0 Å². The Bertz CT molecular complexity index is 386. The molecular formula is C13H22F3N3O3. The van der Waals surface area contributed by atoms with Crippen molar-refractivity contribution in [1.29, 1.82) is 0 Å². The molecule has 3 saturated heterocycles. The Hall–Kier alpha value is -1.51. The second-order valence-corrected chi connectivity index (χ2v) is 5.44. The number of aliphatic carboxylic acids is 1. The predicted molar refractivity (Wildman–Crippen MR) is 73.5 cm³/mol. The summed E-state index contributed by atoms with van der Waals surface area (Å²) in [5.41, 5.74) is 0. The molecule has 0 aliphatic carbocycles. The molecule has 0 spiro atoms. The molecule has 0 aromatic carbocycles. The summed E-state index contributed by atoms with van der Waals surface area (Å²) < 4.78 is 31.7. The van der Waals surface area contributed by atoms with Gasteiger partial charge in [0.15, 0.2) is 0 Å². The molecule has 3 heterocycles. The molecule has 3 aliphatic heterocycles. The Morgan fingerprint density at radius 2 is 1.95 bits per heavy atom. The number of carboxylic acids is 1. The number of nitrogens with zero attached hydrogens (tertiary/aromatic N) is 1. The summed E-state index contributed by atoms with van der Waals surface area (Å²) in [5, 5.41) is 13.5. The first-order valence-electron chi connectivity index (χ1n) is 7.31. The molecule has 3 rings (SSSR count). The standard InChI is InChI=1S/C11H21N3O.C2HF3O2/c1-2-5-13-11(15)14-8-9-3-4-10(14)7-12-6-9;3-2(4,5)1(6)7/h9-10,12H,2-8H2,1H3,(H,13,15);(H,6,7). The maximum atomic E-state index is 11.9. The molecule has 2 atom stereocenters. The fourth-order valence-electron chi connectivity index (χ4n) is 2.52. The molecule has 128 valence electrons. The second-order valence-electron chi connectivity index (χ2n) is 5.44. The molecule has 3 fully saturated rings. The Labute approximate surface area is 127 Å². The van der Waals surface area contributed by atoms with Gasteiger partial charge in [0.2, 0.25) is 0 Å². The van der Waals surface area contributed by atoms with Crippen LogP contribution in [0.25, 0.3) is 0 Å². The lowest BCUT2D eigenvalue weighted by atomic mass is 9.95. The van der Waals surface area contributed by atoms with Crippen LogP contribution in [0.2, 0.25) is 0 Å². The van der Waals surface area contributed by atoms with Gasteiger partial charge in [-0.25, -0.2) is 9.59 Å². The van der Waals surface area contributed by atoms with Gasteiger partial charge in [-0.15, -0.1) is 0 Å². The molecule has 0 saturated carbocycles. The van der Waals surface area contributed by atoms with Crippen molar-refractivity contribution in [3.63, 3.8) is 0 Å². The van der Waals surface area contributed by atoms with Gasteiger partial charge in [0, 0.05) is 25.7 Å². The highest BCUT2D eigenvalue weighted by atomic mass is 19.4. The molecule has 2 bridgehead atoms. The number of halogens is 3. The zero-order valence-electron chi connectivity index (χ0n) is 12.4. The number of amides is 2. The minimum absolute atomic E-state index is 0.134. The van der Waals surface area contributed by atoms with E-state index in [9.17, 15) is 18.0 Å². The number of nitrogens with one attached hydrogen (secondary N) is 2. The average Bonchev–Trinajstić information content (AvgIpc) is 2.79. The first kappa shape index (κ1) is 18.5. The smallest absolute Gasteiger partial charge is 0.475 e. The molecule has 3 N–H and O–H groups in total. The number of fused-ring (bicyclic) bond motifs is 4. The van der Waals surface area contributed by atoms with Crippen LogP contribution < -0.4 is 10.6 Å². The summed E-state index contributed by atoms with van der Waals surface area (Å²) in [7, 11) is 0. The first-order chi connectivity index (χ1) is 10.3. The van der Waals surface area contributed by atoms with Crippen molar-refractivity contribution in [2.24, 2.45) is 5.92 Å². The van der Waals surface area contributed by atoms with E-state index in [-0.39, 0.29) is 6.03 Å². The zero-order valence-corrected chi connectivity index (χ0v) is 12.4. The predicted octanol–water partition coefficient (Wildman–Crippen LogP) is 1.42. The summed E-state index contributed by atoms with van der Waals surface area (Å²) in [4.78, 5) is 22.8. The van der Waals surface area contributed by atoms with Gasteiger partial charge in [-0.3, -0.25) is 0 Å². The maximum Gasteiger partial charge on any atom is 0.490 e. The van der Waals surface area contributed by atoms with Crippen LogP contribution >= 0.6 is 0 Å². The van der Waals surface area contributed by atoms with Crippen molar-refractivity contribution in [2.75, 3.05) is 26.2 Å². The lowest BCUT2D eigenvalue weighted by Crippen LogP contribution is -2.51. The van der Waals surface area contributed by atoms with Crippen molar-refractivity contribution in [3.05, 3.63) is 0 Å². The number of hydrogen-bond acceptors (Lipinski definition) is 3. The topological polar surface area (TPSA) is 81.7 Å². The number of piperidine rings is 1. The van der Waals surface area contributed by atoms with Crippen LogP contribution in [0.1, 0.15) is 26.2 Å². The summed E-state index contributed by atoms with van der Waals surface area (Å²) in [6.07, 6.45) is -1.64. The summed E-state index contributed by atoms with van der Waals surface area (Å²) in [5.74, 6) is -2.09. The van der Waals surface area contributed by atoms with Gasteiger partial charge in [0.25, 0.3) is 0 Å². The van der Waals surface area contributed by atoms with Crippen LogP contribution in [0.15, 0.2) is 0 Å².